The van der Waals surface area contributed by atoms with E-state index in [9.17, 15) is 14.3 Å². The van der Waals surface area contributed by atoms with Crippen molar-refractivity contribution in [1.82, 2.24) is 19.6 Å². The summed E-state index contributed by atoms with van der Waals surface area (Å²) in [5.41, 5.74) is 12.2. The van der Waals surface area contributed by atoms with E-state index in [0.29, 0.717) is 35.6 Å². The number of piperidine rings is 1. The molecule has 2 aliphatic rings. The van der Waals surface area contributed by atoms with Gasteiger partial charge in [-0.3, -0.25) is 0 Å². The minimum Gasteiger partial charge on any atom is -0.477 e. The van der Waals surface area contributed by atoms with Crippen LogP contribution in [0.3, 0.4) is 0 Å². The standard InChI is InChI=1S/C20H22FN7O3/c1-9(22)8-31-19-13(5-11(21)6-24-19)16-12-4-10(12)7-27(16)14-2-3-28-18(25-14)15(20(29)30)17(23)26-28/h2-3,5-6,9-10,12,16H,4,7-8,22H2,1H3,(H2,23,26)(H,29,30)/t9-,10?,12?,16?/m1/s1. The van der Waals surface area contributed by atoms with Gasteiger partial charge in [0, 0.05) is 24.3 Å². The van der Waals surface area contributed by atoms with Gasteiger partial charge in [-0.15, -0.1) is 5.10 Å². The SMILES string of the molecule is C[C@@H](N)COc1ncc(F)cc1C1C2CC2CN1c1ccn2nc(N)c(C(=O)O)c2n1. The predicted molar refractivity (Wildman–Crippen MR) is 109 cm³/mol. The third-order valence-electron chi connectivity index (χ3n) is 5.80. The van der Waals surface area contributed by atoms with Crippen molar-refractivity contribution in [1.29, 1.82) is 0 Å². The fourth-order valence-corrected chi connectivity index (χ4v) is 4.39. The Kier molecular flexibility index (Phi) is 4.43. The molecule has 162 valence electrons. The third-order valence-corrected chi connectivity index (χ3v) is 5.80. The molecule has 5 N–H and O–H groups in total. The Bertz CT molecular complexity index is 1180. The Balaban J connectivity index is 1.56. The number of ether oxygens (including phenoxy) is 1. The maximum Gasteiger partial charge on any atom is 0.343 e. The van der Waals surface area contributed by atoms with E-state index in [1.807, 2.05) is 11.8 Å². The van der Waals surface area contributed by atoms with Crippen molar-refractivity contribution in [3.63, 3.8) is 0 Å². The Morgan fingerprint density at radius 3 is 3.03 bits per heavy atom. The summed E-state index contributed by atoms with van der Waals surface area (Å²) in [6.45, 7) is 2.79. The molecule has 2 fully saturated rings. The number of aromatic carboxylic acids is 1. The number of rotatable bonds is 6. The summed E-state index contributed by atoms with van der Waals surface area (Å²) in [5, 5.41) is 13.5. The maximum absolute atomic E-state index is 14.2. The van der Waals surface area contributed by atoms with Crippen molar-refractivity contribution >= 4 is 23.3 Å². The summed E-state index contributed by atoms with van der Waals surface area (Å²) in [6.07, 6.45) is 3.77. The Morgan fingerprint density at radius 2 is 2.29 bits per heavy atom. The minimum absolute atomic E-state index is 0.0982. The molecule has 1 aliphatic heterocycles. The monoisotopic (exact) mass is 427 g/mol. The molecule has 1 saturated heterocycles. The van der Waals surface area contributed by atoms with Gasteiger partial charge in [0.25, 0.3) is 0 Å². The first-order valence-corrected chi connectivity index (χ1v) is 10.0. The second-order valence-electron chi connectivity index (χ2n) is 8.21. The first-order valence-electron chi connectivity index (χ1n) is 10.0. The van der Waals surface area contributed by atoms with Gasteiger partial charge in [-0.25, -0.2) is 23.7 Å². The van der Waals surface area contributed by atoms with Crippen molar-refractivity contribution < 1.29 is 19.0 Å². The summed E-state index contributed by atoms with van der Waals surface area (Å²) in [6, 6.07) is 2.80. The van der Waals surface area contributed by atoms with E-state index in [4.69, 9.17) is 16.2 Å². The van der Waals surface area contributed by atoms with Crippen LogP contribution in [-0.2, 0) is 0 Å². The summed E-state index contributed by atoms with van der Waals surface area (Å²) in [5.74, 6) is -0.0727. The Labute approximate surface area is 176 Å². The Hall–Kier alpha value is -3.47. The molecule has 3 aromatic heterocycles. The van der Waals surface area contributed by atoms with Crippen molar-refractivity contribution in [3.8, 4) is 5.88 Å². The van der Waals surface area contributed by atoms with Gasteiger partial charge >= 0.3 is 5.97 Å². The first kappa shape index (κ1) is 19.5. The number of hydrogen-bond acceptors (Lipinski definition) is 8. The van der Waals surface area contributed by atoms with E-state index in [2.05, 4.69) is 15.1 Å². The van der Waals surface area contributed by atoms with Gasteiger partial charge in [-0.1, -0.05) is 0 Å². The molecular weight excluding hydrogens is 405 g/mol. The van der Waals surface area contributed by atoms with Crippen LogP contribution in [-0.4, -0.2) is 49.9 Å². The third kappa shape index (κ3) is 3.30. The topological polar surface area (TPSA) is 145 Å². The van der Waals surface area contributed by atoms with Gasteiger partial charge in [0.15, 0.2) is 11.5 Å². The highest BCUT2D eigenvalue weighted by molar-refractivity contribution is 5.99. The quantitative estimate of drug-likeness (QED) is 0.532. The number of anilines is 2. The molecule has 5 rings (SSSR count). The molecule has 1 aliphatic carbocycles. The Morgan fingerprint density at radius 1 is 1.48 bits per heavy atom. The van der Waals surface area contributed by atoms with Crippen molar-refractivity contribution in [2.24, 2.45) is 17.6 Å². The van der Waals surface area contributed by atoms with Crippen LogP contribution in [0.5, 0.6) is 5.88 Å². The number of nitrogens with two attached hydrogens (primary N) is 2. The van der Waals surface area contributed by atoms with Gasteiger partial charge in [0.2, 0.25) is 5.88 Å². The van der Waals surface area contributed by atoms with Crippen LogP contribution in [0, 0.1) is 17.7 Å². The van der Waals surface area contributed by atoms with E-state index in [1.54, 1.807) is 12.3 Å². The molecule has 4 heterocycles. The van der Waals surface area contributed by atoms with Gasteiger partial charge in [0.05, 0.1) is 12.2 Å². The van der Waals surface area contributed by atoms with Crippen LogP contribution in [0.15, 0.2) is 24.5 Å². The van der Waals surface area contributed by atoms with Crippen molar-refractivity contribution in [2.45, 2.75) is 25.4 Å². The van der Waals surface area contributed by atoms with Gasteiger partial charge in [-0.05, 0) is 37.3 Å². The zero-order chi connectivity index (χ0) is 21.9. The molecule has 11 heteroatoms. The van der Waals surface area contributed by atoms with Gasteiger partial charge < -0.3 is 26.2 Å². The summed E-state index contributed by atoms with van der Waals surface area (Å²) in [4.78, 5) is 22.4. The molecule has 31 heavy (non-hydrogen) atoms. The molecule has 0 amide bonds. The average molecular weight is 427 g/mol. The lowest BCUT2D eigenvalue weighted by Gasteiger charge is -2.30. The van der Waals surface area contributed by atoms with Gasteiger partial charge in [0.1, 0.15) is 23.8 Å². The molecule has 0 spiro atoms. The highest BCUT2D eigenvalue weighted by Crippen LogP contribution is 2.58. The molecule has 3 unspecified atom stereocenters. The number of carboxylic acids is 1. The number of carboxylic acid groups (broad SMARTS) is 1. The molecule has 3 aromatic rings. The molecule has 1 saturated carbocycles. The van der Waals surface area contributed by atoms with Gasteiger partial charge in [-0.2, -0.15) is 0 Å². The lowest BCUT2D eigenvalue weighted by atomic mass is 10.0. The van der Waals surface area contributed by atoms with E-state index in [1.165, 1.54) is 10.6 Å². The average Bonchev–Trinajstić information content (AvgIpc) is 3.24. The van der Waals surface area contributed by atoms with Crippen LogP contribution in [0.2, 0.25) is 0 Å². The van der Waals surface area contributed by atoms with E-state index in [0.717, 1.165) is 12.6 Å². The zero-order valence-corrected chi connectivity index (χ0v) is 16.8. The molecule has 4 atom stereocenters. The fourth-order valence-electron chi connectivity index (χ4n) is 4.39. The lowest BCUT2D eigenvalue weighted by Crippen LogP contribution is -2.29. The summed E-state index contributed by atoms with van der Waals surface area (Å²) >= 11 is 0. The van der Waals surface area contributed by atoms with Crippen molar-refractivity contribution in [3.05, 3.63) is 41.5 Å². The van der Waals surface area contributed by atoms with Crippen LogP contribution in [0.1, 0.15) is 35.3 Å². The molecule has 0 bridgehead atoms. The summed E-state index contributed by atoms with van der Waals surface area (Å²) < 4.78 is 21.3. The molecule has 0 aromatic carbocycles. The van der Waals surface area contributed by atoms with Crippen LogP contribution >= 0.6 is 0 Å². The number of hydrogen-bond donors (Lipinski definition) is 3. The van der Waals surface area contributed by atoms with E-state index < -0.39 is 11.8 Å². The highest BCUT2D eigenvalue weighted by Gasteiger charge is 2.54. The number of nitrogen functional groups attached to an aromatic ring is 1. The fraction of sp³-hybridized carbons (Fsp3) is 0.400. The largest absolute Gasteiger partial charge is 0.477 e. The number of halogens is 1. The van der Waals surface area contributed by atoms with Crippen molar-refractivity contribution in [2.75, 3.05) is 23.8 Å². The van der Waals surface area contributed by atoms with Crippen LogP contribution in [0.4, 0.5) is 16.0 Å². The number of aromatic nitrogens is 4. The second kappa shape index (κ2) is 7.05. The minimum atomic E-state index is -1.20. The van der Waals surface area contributed by atoms with E-state index in [-0.39, 0.29) is 35.7 Å². The molecule has 0 radical (unpaired) electrons. The number of nitrogens with zero attached hydrogens (tertiary/aromatic N) is 5. The van der Waals surface area contributed by atoms with E-state index >= 15 is 0 Å². The highest BCUT2D eigenvalue weighted by atomic mass is 19.1. The summed E-state index contributed by atoms with van der Waals surface area (Å²) in [7, 11) is 0. The number of pyridine rings is 1. The number of carbonyl (C=O) groups is 1. The lowest BCUT2D eigenvalue weighted by molar-refractivity contribution is 0.0700. The smallest absolute Gasteiger partial charge is 0.343 e. The van der Waals surface area contributed by atoms with Crippen LogP contribution in [0.25, 0.3) is 5.65 Å². The predicted octanol–water partition coefficient (Wildman–Crippen LogP) is 1.47. The maximum atomic E-state index is 14.2. The molecular formula is C20H22FN7O3. The normalized spacial score (nSPS) is 23.1. The van der Waals surface area contributed by atoms with Crippen LogP contribution < -0.4 is 21.1 Å². The number of fused-ring (bicyclic) bond motifs is 2. The molecule has 10 nitrogen and oxygen atoms in total. The zero-order valence-electron chi connectivity index (χ0n) is 16.8. The second-order valence-corrected chi connectivity index (χ2v) is 8.21. The first-order chi connectivity index (χ1) is 14.8.